The number of furan rings is 1. The molecular formula is C19H11BrClNO2. The summed E-state index contributed by atoms with van der Waals surface area (Å²) in [5.74, 6) is 1.21. The maximum atomic E-state index is 12.2. The summed E-state index contributed by atoms with van der Waals surface area (Å²) in [7, 11) is 0. The number of hydrogen-bond acceptors (Lipinski definition) is 2. The average molecular weight is 401 g/mol. The van der Waals surface area contributed by atoms with E-state index in [2.05, 4.69) is 21.2 Å². The second-order valence-electron chi connectivity index (χ2n) is 5.41. The summed E-state index contributed by atoms with van der Waals surface area (Å²) in [4.78, 5) is 12.2. The number of carbonyl (C=O) groups is 1. The van der Waals surface area contributed by atoms with E-state index in [0.29, 0.717) is 16.4 Å². The van der Waals surface area contributed by atoms with Gasteiger partial charge in [-0.25, -0.2) is 0 Å². The smallest absolute Gasteiger partial charge is 0.256 e. The average Bonchev–Trinajstić information content (AvgIpc) is 3.14. The molecule has 4 rings (SSSR count). The Hall–Kier alpha value is -2.30. The molecule has 3 aromatic rings. The highest BCUT2D eigenvalue weighted by Gasteiger charge is 2.24. The van der Waals surface area contributed by atoms with Crippen molar-refractivity contribution in [1.82, 2.24) is 0 Å². The zero-order valence-electron chi connectivity index (χ0n) is 12.3. The molecule has 0 radical (unpaired) electrons. The number of nitrogens with one attached hydrogen (secondary N) is 1. The van der Waals surface area contributed by atoms with E-state index >= 15 is 0 Å². The molecule has 1 N–H and O–H groups in total. The first-order valence-corrected chi connectivity index (χ1v) is 8.46. The first kappa shape index (κ1) is 15.2. The minimum absolute atomic E-state index is 0.158. The number of anilines is 1. The van der Waals surface area contributed by atoms with Crippen molar-refractivity contribution in [3.05, 3.63) is 75.4 Å². The Labute approximate surface area is 152 Å². The van der Waals surface area contributed by atoms with Crippen molar-refractivity contribution in [2.24, 2.45) is 0 Å². The molecule has 0 atom stereocenters. The van der Waals surface area contributed by atoms with Crippen LogP contribution in [0.5, 0.6) is 0 Å². The Kier molecular flexibility index (Phi) is 3.79. The fourth-order valence-electron chi connectivity index (χ4n) is 2.65. The van der Waals surface area contributed by atoms with Gasteiger partial charge in [-0.2, -0.15) is 0 Å². The lowest BCUT2D eigenvalue weighted by Gasteiger charge is -1.99. The molecular weight excluding hydrogens is 390 g/mol. The Morgan fingerprint density at radius 1 is 1.04 bits per heavy atom. The summed E-state index contributed by atoms with van der Waals surface area (Å²) in [6, 6.07) is 16.9. The van der Waals surface area contributed by atoms with Crippen molar-refractivity contribution in [3.8, 4) is 11.3 Å². The number of fused-ring (bicyclic) bond motifs is 1. The van der Waals surface area contributed by atoms with Gasteiger partial charge in [-0.1, -0.05) is 39.7 Å². The Morgan fingerprint density at radius 3 is 2.62 bits per heavy atom. The summed E-state index contributed by atoms with van der Waals surface area (Å²) >= 11 is 9.46. The quantitative estimate of drug-likeness (QED) is 0.548. The van der Waals surface area contributed by atoms with E-state index in [0.717, 1.165) is 27.0 Å². The van der Waals surface area contributed by atoms with Gasteiger partial charge in [-0.15, -0.1) is 0 Å². The van der Waals surface area contributed by atoms with Crippen LogP contribution in [0.2, 0.25) is 5.02 Å². The number of rotatable bonds is 2. The topological polar surface area (TPSA) is 42.2 Å². The molecule has 2 aromatic carbocycles. The largest absolute Gasteiger partial charge is 0.457 e. The van der Waals surface area contributed by atoms with E-state index in [-0.39, 0.29) is 5.91 Å². The van der Waals surface area contributed by atoms with Gasteiger partial charge >= 0.3 is 0 Å². The lowest BCUT2D eigenvalue weighted by molar-refractivity contribution is -0.110. The number of halogens is 2. The molecule has 0 unspecified atom stereocenters. The molecule has 1 amide bonds. The van der Waals surface area contributed by atoms with Gasteiger partial charge in [-0.05, 0) is 48.5 Å². The van der Waals surface area contributed by atoms with Crippen LogP contribution >= 0.6 is 27.5 Å². The molecule has 0 saturated heterocycles. The lowest BCUT2D eigenvalue weighted by Crippen LogP contribution is -2.03. The molecule has 24 heavy (non-hydrogen) atoms. The first-order valence-electron chi connectivity index (χ1n) is 7.29. The second kappa shape index (κ2) is 5.96. The maximum absolute atomic E-state index is 12.2. The zero-order valence-corrected chi connectivity index (χ0v) is 14.7. The maximum Gasteiger partial charge on any atom is 0.256 e. The molecule has 3 nitrogen and oxygen atoms in total. The normalized spacial score (nSPS) is 14.8. The van der Waals surface area contributed by atoms with Gasteiger partial charge in [0, 0.05) is 26.3 Å². The van der Waals surface area contributed by atoms with Crippen LogP contribution in [0.1, 0.15) is 11.3 Å². The molecule has 0 spiro atoms. The lowest BCUT2D eigenvalue weighted by atomic mass is 10.1. The van der Waals surface area contributed by atoms with Crippen molar-refractivity contribution < 1.29 is 9.21 Å². The summed E-state index contributed by atoms with van der Waals surface area (Å²) in [5, 5.41) is 3.42. The predicted molar refractivity (Wildman–Crippen MR) is 99.8 cm³/mol. The van der Waals surface area contributed by atoms with Crippen LogP contribution in [0.3, 0.4) is 0 Å². The van der Waals surface area contributed by atoms with Crippen LogP contribution in [0, 0.1) is 0 Å². The summed E-state index contributed by atoms with van der Waals surface area (Å²) in [6.07, 6.45) is 1.74. The Bertz CT molecular complexity index is 973. The van der Waals surface area contributed by atoms with Crippen LogP contribution in [-0.4, -0.2) is 5.91 Å². The highest BCUT2D eigenvalue weighted by Crippen LogP contribution is 2.35. The van der Waals surface area contributed by atoms with Crippen molar-refractivity contribution in [3.63, 3.8) is 0 Å². The molecule has 5 heteroatoms. The van der Waals surface area contributed by atoms with Crippen LogP contribution in [0.25, 0.3) is 23.0 Å². The van der Waals surface area contributed by atoms with Crippen LogP contribution in [-0.2, 0) is 4.79 Å². The molecule has 1 aromatic heterocycles. The molecule has 0 fully saturated rings. The van der Waals surface area contributed by atoms with Crippen molar-refractivity contribution in [1.29, 1.82) is 0 Å². The standard InChI is InChI=1S/C19H11BrClNO2/c20-12-3-1-11(2-4-12)18-8-6-14(24-18)10-16-15-9-13(21)5-7-17(15)22-19(16)23/h1-10H,(H,22,23)/b16-10-. The Balaban J connectivity index is 1.71. The molecule has 1 aliphatic heterocycles. The molecule has 118 valence electrons. The summed E-state index contributed by atoms with van der Waals surface area (Å²) in [6.45, 7) is 0. The van der Waals surface area contributed by atoms with Gasteiger partial charge in [0.1, 0.15) is 11.5 Å². The predicted octanol–water partition coefficient (Wildman–Crippen LogP) is 5.86. The third kappa shape index (κ3) is 2.79. The van der Waals surface area contributed by atoms with E-state index in [1.807, 2.05) is 36.4 Å². The van der Waals surface area contributed by atoms with Crippen molar-refractivity contribution in [2.45, 2.75) is 0 Å². The molecule has 2 heterocycles. The Morgan fingerprint density at radius 2 is 1.83 bits per heavy atom. The third-order valence-electron chi connectivity index (χ3n) is 3.81. The zero-order chi connectivity index (χ0) is 16.7. The highest BCUT2D eigenvalue weighted by atomic mass is 79.9. The molecule has 1 aliphatic rings. The number of benzene rings is 2. The fourth-order valence-corrected chi connectivity index (χ4v) is 3.08. The minimum Gasteiger partial charge on any atom is -0.457 e. The van der Waals surface area contributed by atoms with E-state index in [4.69, 9.17) is 16.0 Å². The van der Waals surface area contributed by atoms with Gasteiger partial charge in [0.25, 0.3) is 5.91 Å². The van der Waals surface area contributed by atoms with E-state index in [1.54, 1.807) is 24.3 Å². The van der Waals surface area contributed by atoms with E-state index in [1.165, 1.54) is 0 Å². The van der Waals surface area contributed by atoms with E-state index < -0.39 is 0 Å². The monoisotopic (exact) mass is 399 g/mol. The second-order valence-corrected chi connectivity index (χ2v) is 6.76. The summed E-state index contributed by atoms with van der Waals surface area (Å²) < 4.78 is 6.87. The van der Waals surface area contributed by atoms with Crippen LogP contribution in [0.4, 0.5) is 5.69 Å². The van der Waals surface area contributed by atoms with Crippen LogP contribution < -0.4 is 5.32 Å². The van der Waals surface area contributed by atoms with Gasteiger partial charge in [0.05, 0.1) is 5.57 Å². The van der Waals surface area contributed by atoms with Gasteiger partial charge in [-0.3, -0.25) is 4.79 Å². The van der Waals surface area contributed by atoms with Crippen molar-refractivity contribution in [2.75, 3.05) is 5.32 Å². The van der Waals surface area contributed by atoms with E-state index in [9.17, 15) is 4.79 Å². The van der Waals surface area contributed by atoms with Gasteiger partial charge in [0.2, 0.25) is 0 Å². The van der Waals surface area contributed by atoms with Gasteiger partial charge in [0.15, 0.2) is 0 Å². The number of hydrogen-bond donors (Lipinski definition) is 1. The highest BCUT2D eigenvalue weighted by molar-refractivity contribution is 9.10. The molecule has 0 aliphatic carbocycles. The summed E-state index contributed by atoms with van der Waals surface area (Å²) in [5.41, 5.74) is 3.07. The third-order valence-corrected chi connectivity index (χ3v) is 4.57. The molecule has 0 bridgehead atoms. The number of carbonyl (C=O) groups excluding carboxylic acids is 1. The van der Waals surface area contributed by atoms with Crippen LogP contribution in [0.15, 0.2) is 63.5 Å². The first-order chi connectivity index (χ1) is 11.6. The van der Waals surface area contributed by atoms with Crippen molar-refractivity contribution >= 4 is 50.8 Å². The molecule has 0 saturated carbocycles. The van der Waals surface area contributed by atoms with Gasteiger partial charge < -0.3 is 9.73 Å². The fraction of sp³-hybridized carbons (Fsp3) is 0. The number of amides is 1. The SMILES string of the molecule is O=C1Nc2ccc(Cl)cc2/C1=C/c1ccc(-c2ccc(Br)cc2)o1. The minimum atomic E-state index is -0.158.